The number of halogens is 2. The van der Waals surface area contributed by atoms with Gasteiger partial charge in [-0.25, -0.2) is 0 Å². The molecule has 1 aliphatic rings. The maximum absolute atomic E-state index is 10.7. The molecule has 1 aromatic rings. The van der Waals surface area contributed by atoms with E-state index in [-0.39, 0.29) is 15.7 Å². The third-order valence-electron chi connectivity index (χ3n) is 3.64. The monoisotopic (exact) mass is 317 g/mol. The Bertz CT molecular complexity index is 479. The number of hydrogen-bond acceptors (Lipinski definition) is 4. The van der Waals surface area contributed by atoms with Gasteiger partial charge in [0.15, 0.2) is 0 Å². The molecule has 0 bridgehead atoms. The van der Waals surface area contributed by atoms with Gasteiger partial charge in [-0.2, -0.15) is 0 Å². The third kappa shape index (κ3) is 3.75. The lowest BCUT2D eigenvalue weighted by atomic mass is 9.97. The molecule has 0 saturated carbocycles. The highest BCUT2D eigenvalue weighted by atomic mass is 35.5. The second kappa shape index (κ2) is 6.61. The first-order chi connectivity index (χ1) is 9.47. The van der Waals surface area contributed by atoms with E-state index in [1.807, 2.05) is 0 Å². The normalized spacial score (nSPS) is 17.1. The van der Waals surface area contributed by atoms with E-state index in [1.165, 1.54) is 12.1 Å². The predicted octanol–water partition coefficient (Wildman–Crippen LogP) is 3.66. The number of rotatable bonds is 4. The Morgan fingerprint density at radius 2 is 1.90 bits per heavy atom. The van der Waals surface area contributed by atoms with Gasteiger partial charge in [-0.1, -0.05) is 23.2 Å². The number of hydrogen-bond donors (Lipinski definition) is 1. The number of nitrogens with zero attached hydrogens (tertiary/aromatic N) is 2. The second-order valence-corrected chi connectivity index (χ2v) is 5.98. The Hall–Kier alpha value is -1.04. The molecule has 5 nitrogen and oxygen atoms in total. The number of nitrogens with one attached hydrogen (secondary N) is 1. The molecular formula is C13H17Cl2N3O2. The number of anilines is 1. The first kappa shape index (κ1) is 15.4. The minimum Gasteiger partial charge on any atom is -0.382 e. The fourth-order valence-electron chi connectivity index (χ4n) is 2.35. The molecule has 0 aromatic heterocycles. The fourth-order valence-corrected chi connectivity index (χ4v) is 2.96. The molecule has 20 heavy (non-hydrogen) atoms. The number of likely N-dealkylation sites (tertiary alicyclic amines) is 1. The lowest BCUT2D eigenvalue weighted by molar-refractivity contribution is -0.384. The summed E-state index contributed by atoms with van der Waals surface area (Å²) in [4.78, 5) is 12.5. The van der Waals surface area contributed by atoms with Gasteiger partial charge in [0, 0.05) is 18.7 Å². The summed E-state index contributed by atoms with van der Waals surface area (Å²) < 4.78 is 0. The van der Waals surface area contributed by atoms with E-state index in [9.17, 15) is 10.1 Å². The zero-order chi connectivity index (χ0) is 14.7. The summed E-state index contributed by atoms with van der Waals surface area (Å²) in [6.07, 6.45) is 2.26. The van der Waals surface area contributed by atoms with Crippen molar-refractivity contribution in [2.45, 2.75) is 12.8 Å². The van der Waals surface area contributed by atoms with Crippen LogP contribution in [0.4, 0.5) is 11.4 Å². The van der Waals surface area contributed by atoms with Crippen LogP contribution in [-0.4, -0.2) is 36.5 Å². The van der Waals surface area contributed by atoms with Crippen molar-refractivity contribution in [3.05, 3.63) is 32.3 Å². The van der Waals surface area contributed by atoms with E-state index in [2.05, 4.69) is 17.3 Å². The summed E-state index contributed by atoms with van der Waals surface area (Å²) in [5.74, 6) is 0.577. The average molecular weight is 318 g/mol. The van der Waals surface area contributed by atoms with Crippen molar-refractivity contribution in [2.24, 2.45) is 5.92 Å². The van der Waals surface area contributed by atoms with Crippen LogP contribution in [0.3, 0.4) is 0 Å². The topological polar surface area (TPSA) is 58.4 Å². The largest absolute Gasteiger partial charge is 0.382 e. The maximum Gasteiger partial charge on any atom is 0.272 e. The fraction of sp³-hybridized carbons (Fsp3) is 0.538. The lowest BCUT2D eigenvalue weighted by Gasteiger charge is -2.29. The van der Waals surface area contributed by atoms with Crippen molar-refractivity contribution >= 4 is 34.6 Å². The van der Waals surface area contributed by atoms with Crippen molar-refractivity contribution in [3.8, 4) is 0 Å². The Labute approximate surface area is 128 Å². The van der Waals surface area contributed by atoms with Crippen LogP contribution in [0, 0.1) is 16.0 Å². The molecule has 0 aliphatic carbocycles. The van der Waals surface area contributed by atoms with Gasteiger partial charge in [-0.15, -0.1) is 0 Å². The van der Waals surface area contributed by atoms with Gasteiger partial charge >= 0.3 is 0 Å². The molecule has 1 N–H and O–H groups in total. The van der Waals surface area contributed by atoms with Gasteiger partial charge in [-0.3, -0.25) is 10.1 Å². The van der Waals surface area contributed by atoms with Crippen LogP contribution in [0.25, 0.3) is 0 Å². The smallest absolute Gasteiger partial charge is 0.272 e. The molecule has 0 spiro atoms. The van der Waals surface area contributed by atoms with E-state index in [4.69, 9.17) is 23.2 Å². The number of nitro benzene ring substituents is 1. The first-order valence-electron chi connectivity index (χ1n) is 6.53. The lowest BCUT2D eigenvalue weighted by Crippen LogP contribution is -2.33. The van der Waals surface area contributed by atoms with Crippen molar-refractivity contribution in [2.75, 3.05) is 32.0 Å². The highest BCUT2D eigenvalue weighted by Crippen LogP contribution is 2.35. The molecule has 2 rings (SSSR count). The summed E-state index contributed by atoms with van der Waals surface area (Å²) >= 11 is 12.1. The van der Waals surface area contributed by atoms with Gasteiger partial charge in [-0.05, 0) is 38.9 Å². The second-order valence-electron chi connectivity index (χ2n) is 5.17. The molecule has 0 radical (unpaired) electrons. The molecule has 110 valence electrons. The molecule has 1 aliphatic heterocycles. The zero-order valence-electron chi connectivity index (χ0n) is 11.2. The molecule has 0 unspecified atom stereocenters. The van der Waals surface area contributed by atoms with Gasteiger partial charge < -0.3 is 10.2 Å². The Morgan fingerprint density at radius 1 is 1.35 bits per heavy atom. The van der Waals surface area contributed by atoms with Crippen LogP contribution < -0.4 is 5.32 Å². The van der Waals surface area contributed by atoms with Crippen molar-refractivity contribution in [3.63, 3.8) is 0 Å². The Balaban J connectivity index is 2.01. The van der Waals surface area contributed by atoms with Gasteiger partial charge in [0.1, 0.15) is 0 Å². The zero-order valence-corrected chi connectivity index (χ0v) is 12.7. The van der Waals surface area contributed by atoms with Crippen LogP contribution in [0.5, 0.6) is 0 Å². The average Bonchev–Trinajstić information content (AvgIpc) is 2.39. The highest BCUT2D eigenvalue weighted by molar-refractivity contribution is 6.39. The summed E-state index contributed by atoms with van der Waals surface area (Å²) in [5, 5.41) is 14.5. The summed E-state index contributed by atoms with van der Waals surface area (Å²) in [6, 6.07) is 2.65. The van der Waals surface area contributed by atoms with E-state index < -0.39 is 4.92 Å². The number of non-ortho nitro benzene ring substituents is 1. The summed E-state index contributed by atoms with van der Waals surface area (Å²) in [5.41, 5.74) is 0.489. The molecule has 1 saturated heterocycles. The Morgan fingerprint density at radius 3 is 2.40 bits per heavy atom. The molecular weight excluding hydrogens is 301 g/mol. The summed E-state index contributed by atoms with van der Waals surface area (Å²) in [6.45, 7) is 2.97. The van der Waals surface area contributed by atoms with E-state index >= 15 is 0 Å². The van der Waals surface area contributed by atoms with Crippen molar-refractivity contribution in [1.29, 1.82) is 0 Å². The maximum atomic E-state index is 10.7. The number of nitro groups is 1. The van der Waals surface area contributed by atoms with Crippen LogP contribution in [-0.2, 0) is 0 Å². The standard InChI is InChI=1S/C13H17Cl2N3O2/c1-17-4-2-9(3-5-17)8-16-13-11(14)6-10(18(19)20)7-12(13)15/h6-7,9,16H,2-5,8H2,1H3. The van der Waals surface area contributed by atoms with Gasteiger partial charge in [0.25, 0.3) is 5.69 Å². The minimum absolute atomic E-state index is 0.0927. The molecule has 1 heterocycles. The van der Waals surface area contributed by atoms with Crippen molar-refractivity contribution < 1.29 is 4.92 Å². The quantitative estimate of drug-likeness (QED) is 0.680. The number of benzene rings is 1. The minimum atomic E-state index is -0.501. The van der Waals surface area contributed by atoms with E-state index in [0.717, 1.165) is 32.5 Å². The van der Waals surface area contributed by atoms with Crippen molar-refractivity contribution in [1.82, 2.24) is 4.90 Å². The van der Waals surface area contributed by atoms with Crippen LogP contribution >= 0.6 is 23.2 Å². The van der Waals surface area contributed by atoms with E-state index in [1.54, 1.807) is 0 Å². The Kier molecular flexibility index (Phi) is 5.07. The van der Waals surface area contributed by atoms with Gasteiger partial charge in [0.05, 0.1) is 20.7 Å². The molecule has 1 fully saturated rings. The molecule has 1 aromatic carbocycles. The van der Waals surface area contributed by atoms with Crippen LogP contribution in [0.1, 0.15) is 12.8 Å². The van der Waals surface area contributed by atoms with Gasteiger partial charge in [0.2, 0.25) is 0 Å². The predicted molar refractivity (Wildman–Crippen MR) is 81.8 cm³/mol. The molecule has 0 amide bonds. The van der Waals surface area contributed by atoms with E-state index in [0.29, 0.717) is 11.6 Å². The SMILES string of the molecule is CN1CCC(CNc2c(Cl)cc([N+](=O)[O-])cc2Cl)CC1. The molecule has 7 heteroatoms. The molecule has 0 atom stereocenters. The highest BCUT2D eigenvalue weighted by Gasteiger charge is 2.19. The first-order valence-corrected chi connectivity index (χ1v) is 7.29. The number of piperidine rings is 1. The van der Waals surface area contributed by atoms with Crippen LogP contribution in [0.2, 0.25) is 10.0 Å². The van der Waals surface area contributed by atoms with Crippen LogP contribution in [0.15, 0.2) is 12.1 Å². The summed E-state index contributed by atoms with van der Waals surface area (Å²) in [7, 11) is 2.12. The third-order valence-corrected chi connectivity index (χ3v) is 4.24.